The summed E-state index contributed by atoms with van der Waals surface area (Å²) in [5.74, 6) is -1.49. The fourth-order valence-corrected chi connectivity index (χ4v) is 2.25. The van der Waals surface area contributed by atoms with Gasteiger partial charge < -0.3 is 14.7 Å². The number of hydrogen-bond donors (Lipinski definition) is 1. The maximum Gasteiger partial charge on any atom is 0.387 e. The molecule has 1 unspecified atom stereocenters. The summed E-state index contributed by atoms with van der Waals surface area (Å²) in [7, 11) is 0. The fraction of sp³-hybridized carbons (Fsp3) is 0.333. The van der Waals surface area contributed by atoms with Gasteiger partial charge in [-0.05, 0) is 19.1 Å². The van der Waals surface area contributed by atoms with E-state index < -0.39 is 18.7 Å². The van der Waals surface area contributed by atoms with E-state index in [1.54, 1.807) is 6.92 Å². The number of alkyl halides is 2. The normalized spacial score (nSPS) is 17.9. The Kier molecular flexibility index (Phi) is 4.08. The molecule has 1 aromatic carbocycles. The Morgan fingerprint density at radius 3 is 2.80 bits per heavy atom. The van der Waals surface area contributed by atoms with E-state index in [-0.39, 0.29) is 21.9 Å². The predicted octanol–water partition coefficient (Wildman–Crippen LogP) is 3.48. The van der Waals surface area contributed by atoms with E-state index >= 15 is 0 Å². The van der Waals surface area contributed by atoms with Crippen LogP contribution < -0.4 is 4.74 Å². The highest BCUT2D eigenvalue weighted by molar-refractivity contribution is 6.34. The first kappa shape index (κ1) is 14.5. The number of ether oxygens (including phenoxy) is 1. The third kappa shape index (κ3) is 2.82. The largest absolute Gasteiger partial charge is 0.478 e. The molecule has 0 fully saturated rings. The van der Waals surface area contributed by atoms with Gasteiger partial charge in [0.05, 0.1) is 21.9 Å². The van der Waals surface area contributed by atoms with E-state index in [1.165, 1.54) is 0 Å². The van der Waals surface area contributed by atoms with Crippen LogP contribution in [0, 0.1) is 0 Å². The van der Waals surface area contributed by atoms with Crippen LogP contribution in [0.5, 0.6) is 5.75 Å². The van der Waals surface area contributed by atoms with Gasteiger partial charge in [0.25, 0.3) is 0 Å². The molecular weight excluding hydrogens is 296 g/mol. The summed E-state index contributed by atoms with van der Waals surface area (Å²) in [5.41, 5.74) is 0.499. The van der Waals surface area contributed by atoms with Crippen molar-refractivity contribution in [1.82, 2.24) is 0 Å². The Hall–Kier alpha value is -1.89. The number of oxime groups is 1. The number of carboxylic acid groups (broad SMARTS) is 1. The summed E-state index contributed by atoms with van der Waals surface area (Å²) in [6.07, 6.45) is -0.418. The van der Waals surface area contributed by atoms with Crippen LogP contribution in [0.2, 0.25) is 5.02 Å². The van der Waals surface area contributed by atoms with Crippen LogP contribution in [0.25, 0.3) is 0 Å². The molecule has 1 heterocycles. The van der Waals surface area contributed by atoms with E-state index in [0.717, 1.165) is 12.1 Å². The molecule has 0 aromatic heterocycles. The minimum Gasteiger partial charge on any atom is -0.478 e. The van der Waals surface area contributed by atoms with Crippen molar-refractivity contribution in [1.29, 1.82) is 0 Å². The number of benzene rings is 1. The zero-order valence-electron chi connectivity index (χ0n) is 10.3. The molecule has 0 bridgehead atoms. The van der Waals surface area contributed by atoms with Crippen LogP contribution in [-0.2, 0) is 4.84 Å². The summed E-state index contributed by atoms with van der Waals surface area (Å²) in [6.45, 7) is -1.35. The van der Waals surface area contributed by atoms with Crippen LogP contribution in [0.1, 0.15) is 35.4 Å². The minimum atomic E-state index is -3.05. The van der Waals surface area contributed by atoms with Crippen LogP contribution >= 0.6 is 11.6 Å². The molecule has 108 valence electrons. The molecule has 1 atom stereocenters. The van der Waals surface area contributed by atoms with E-state index in [1.807, 2.05) is 0 Å². The van der Waals surface area contributed by atoms with Gasteiger partial charge in [-0.15, -0.1) is 0 Å². The lowest BCUT2D eigenvalue weighted by Crippen LogP contribution is -2.10. The van der Waals surface area contributed by atoms with Crippen molar-refractivity contribution in [2.45, 2.75) is 26.1 Å². The zero-order valence-corrected chi connectivity index (χ0v) is 11.0. The molecule has 20 heavy (non-hydrogen) atoms. The topological polar surface area (TPSA) is 68.1 Å². The van der Waals surface area contributed by atoms with Crippen molar-refractivity contribution in [2.24, 2.45) is 5.16 Å². The van der Waals surface area contributed by atoms with Gasteiger partial charge in [0.2, 0.25) is 0 Å². The molecule has 1 aromatic rings. The Morgan fingerprint density at radius 2 is 2.30 bits per heavy atom. The SMILES string of the molecule is CC1=NOC(c2c(OC(F)F)ccc(C(=O)O)c2Cl)C1. The number of halogens is 3. The van der Waals surface area contributed by atoms with Crippen LogP contribution in [0.3, 0.4) is 0 Å². The lowest BCUT2D eigenvalue weighted by atomic mass is 10.0. The van der Waals surface area contributed by atoms with Crippen molar-refractivity contribution in [2.75, 3.05) is 0 Å². The van der Waals surface area contributed by atoms with E-state index in [2.05, 4.69) is 9.89 Å². The number of carboxylic acids is 1. The third-order valence-electron chi connectivity index (χ3n) is 2.72. The number of aromatic carboxylic acids is 1. The van der Waals surface area contributed by atoms with E-state index in [9.17, 15) is 13.6 Å². The molecule has 5 nitrogen and oxygen atoms in total. The monoisotopic (exact) mass is 305 g/mol. The first-order chi connectivity index (χ1) is 9.40. The second-order valence-electron chi connectivity index (χ2n) is 4.15. The highest BCUT2D eigenvalue weighted by atomic mass is 35.5. The summed E-state index contributed by atoms with van der Waals surface area (Å²) < 4.78 is 29.2. The van der Waals surface area contributed by atoms with E-state index in [4.69, 9.17) is 21.5 Å². The molecular formula is C12H10ClF2NO4. The Morgan fingerprint density at radius 1 is 1.60 bits per heavy atom. The van der Waals surface area contributed by atoms with Gasteiger partial charge in [0, 0.05) is 6.42 Å². The highest BCUT2D eigenvalue weighted by Crippen LogP contribution is 2.40. The van der Waals surface area contributed by atoms with Crippen molar-refractivity contribution in [3.05, 3.63) is 28.3 Å². The van der Waals surface area contributed by atoms with E-state index in [0.29, 0.717) is 12.1 Å². The summed E-state index contributed by atoms with van der Waals surface area (Å²) in [5, 5.41) is 12.5. The van der Waals surface area contributed by atoms with Gasteiger partial charge in [-0.2, -0.15) is 8.78 Å². The van der Waals surface area contributed by atoms with Crippen LogP contribution in [0.15, 0.2) is 17.3 Å². The predicted molar refractivity (Wildman–Crippen MR) is 66.6 cm³/mol. The number of nitrogens with zero attached hydrogens (tertiary/aromatic N) is 1. The van der Waals surface area contributed by atoms with Gasteiger partial charge in [0.15, 0.2) is 6.10 Å². The van der Waals surface area contributed by atoms with Crippen LogP contribution in [-0.4, -0.2) is 23.4 Å². The molecule has 8 heteroatoms. The zero-order chi connectivity index (χ0) is 14.9. The molecule has 1 N–H and O–H groups in total. The standard InChI is InChI=1S/C12H10ClF2NO4/c1-5-4-8(20-16-5)9-7(19-12(14)15)3-2-6(10(9)13)11(17)18/h2-3,8,12H,4H2,1H3,(H,17,18). The quantitative estimate of drug-likeness (QED) is 0.924. The van der Waals surface area contributed by atoms with Gasteiger partial charge in [-0.3, -0.25) is 0 Å². The second-order valence-corrected chi connectivity index (χ2v) is 4.53. The molecule has 0 aliphatic carbocycles. The highest BCUT2D eigenvalue weighted by Gasteiger charge is 2.30. The van der Waals surface area contributed by atoms with Crippen LogP contribution in [0.4, 0.5) is 8.78 Å². The molecule has 1 aliphatic heterocycles. The Labute approximate surface area is 117 Å². The minimum absolute atomic E-state index is 0.0625. The number of carbonyl (C=O) groups is 1. The Balaban J connectivity index is 2.48. The lowest BCUT2D eigenvalue weighted by molar-refractivity contribution is -0.0521. The van der Waals surface area contributed by atoms with Gasteiger partial charge in [0.1, 0.15) is 5.75 Å². The molecule has 0 radical (unpaired) electrons. The average molecular weight is 306 g/mol. The van der Waals surface area contributed by atoms with Gasteiger partial charge >= 0.3 is 12.6 Å². The summed E-state index contributed by atoms with van der Waals surface area (Å²) in [6, 6.07) is 2.24. The van der Waals surface area contributed by atoms with Crippen molar-refractivity contribution >= 4 is 23.3 Å². The second kappa shape index (κ2) is 5.62. The van der Waals surface area contributed by atoms with Crippen molar-refractivity contribution < 1.29 is 28.3 Å². The smallest absolute Gasteiger partial charge is 0.387 e. The fourth-order valence-electron chi connectivity index (χ4n) is 1.89. The maximum atomic E-state index is 12.4. The summed E-state index contributed by atoms with van der Waals surface area (Å²) >= 11 is 5.98. The third-order valence-corrected chi connectivity index (χ3v) is 3.13. The molecule has 0 saturated carbocycles. The first-order valence-corrected chi connectivity index (χ1v) is 5.97. The molecule has 0 amide bonds. The summed E-state index contributed by atoms with van der Waals surface area (Å²) in [4.78, 5) is 16.1. The molecule has 0 saturated heterocycles. The number of hydrogen-bond acceptors (Lipinski definition) is 4. The molecule has 0 spiro atoms. The van der Waals surface area contributed by atoms with Gasteiger partial charge in [-0.25, -0.2) is 4.79 Å². The molecule has 2 rings (SSSR count). The lowest BCUT2D eigenvalue weighted by Gasteiger charge is -2.17. The first-order valence-electron chi connectivity index (χ1n) is 5.60. The average Bonchev–Trinajstić information content (AvgIpc) is 2.74. The molecule has 1 aliphatic rings. The van der Waals surface area contributed by atoms with Crippen molar-refractivity contribution in [3.8, 4) is 5.75 Å². The Bertz CT molecular complexity index is 577. The maximum absolute atomic E-state index is 12.4. The van der Waals surface area contributed by atoms with Gasteiger partial charge in [-0.1, -0.05) is 16.8 Å². The number of rotatable bonds is 4. The van der Waals surface area contributed by atoms with Crippen molar-refractivity contribution in [3.63, 3.8) is 0 Å².